The number of benzene rings is 1. The van der Waals surface area contributed by atoms with Crippen LogP contribution in [0.15, 0.2) is 18.2 Å². The number of halogens is 1. The number of nitrogens with zero attached hydrogens (tertiary/aromatic N) is 2. The Morgan fingerprint density at radius 3 is 2.70 bits per heavy atom. The van der Waals surface area contributed by atoms with Crippen molar-refractivity contribution >= 4 is 23.0 Å². The van der Waals surface area contributed by atoms with E-state index in [-0.39, 0.29) is 5.69 Å². The van der Waals surface area contributed by atoms with E-state index < -0.39 is 4.92 Å². The summed E-state index contributed by atoms with van der Waals surface area (Å²) < 4.78 is 0. The van der Waals surface area contributed by atoms with Crippen molar-refractivity contribution in [1.29, 1.82) is 0 Å². The highest BCUT2D eigenvalue weighted by Gasteiger charge is 2.34. The second-order valence-electron chi connectivity index (χ2n) is 5.84. The molecule has 1 saturated heterocycles. The van der Waals surface area contributed by atoms with Crippen molar-refractivity contribution in [2.24, 2.45) is 5.92 Å². The maximum atomic E-state index is 10.8. The smallest absolute Gasteiger partial charge is 0.271 e. The molecule has 20 heavy (non-hydrogen) atoms. The first-order valence-electron chi connectivity index (χ1n) is 7.37. The minimum atomic E-state index is -0.394. The highest BCUT2D eigenvalue weighted by atomic mass is 35.5. The van der Waals surface area contributed by atoms with Crippen molar-refractivity contribution in [1.82, 2.24) is 0 Å². The van der Waals surface area contributed by atoms with Gasteiger partial charge in [0.25, 0.3) is 5.69 Å². The summed E-state index contributed by atoms with van der Waals surface area (Å²) in [5, 5.41) is 11.3. The molecule has 108 valence electrons. The van der Waals surface area contributed by atoms with E-state index in [1.807, 2.05) is 6.07 Å². The average molecular weight is 295 g/mol. The monoisotopic (exact) mass is 294 g/mol. The van der Waals surface area contributed by atoms with Crippen molar-refractivity contribution in [3.05, 3.63) is 33.3 Å². The molecular weight excluding hydrogens is 276 g/mol. The zero-order chi connectivity index (χ0) is 14.1. The molecule has 5 heteroatoms. The van der Waals surface area contributed by atoms with Crippen molar-refractivity contribution in [2.45, 2.75) is 44.6 Å². The largest absolute Gasteiger partial charge is 0.367 e. The van der Waals surface area contributed by atoms with E-state index >= 15 is 0 Å². The number of non-ortho nitro benzene ring substituents is 1. The minimum Gasteiger partial charge on any atom is -0.367 e. The van der Waals surface area contributed by atoms with Crippen molar-refractivity contribution < 1.29 is 4.92 Å². The van der Waals surface area contributed by atoms with Gasteiger partial charge in [-0.1, -0.05) is 24.4 Å². The summed E-state index contributed by atoms with van der Waals surface area (Å²) in [6, 6.07) is 5.42. The number of rotatable bonds is 2. The zero-order valence-corrected chi connectivity index (χ0v) is 12.2. The molecule has 0 aromatic heterocycles. The van der Waals surface area contributed by atoms with Crippen molar-refractivity contribution in [3.8, 4) is 0 Å². The molecule has 2 aliphatic rings. The molecule has 1 aromatic carbocycles. The predicted octanol–water partition coefficient (Wildman–Crippen LogP) is 4.41. The molecule has 2 unspecified atom stereocenters. The highest BCUT2D eigenvalue weighted by molar-refractivity contribution is 6.33. The molecule has 1 aliphatic carbocycles. The van der Waals surface area contributed by atoms with Crippen LogP contribution in [0.3, 0.4) is 0 Å². The Kier molecular flexibility index (Phi) is 3.83. The maximum Gasteiger partial charge on any atom is 0.271 e. The molecule has 0 N–H and O–H groups in total. The van der Waals surface area contributed by atoms with Crippen LogP contribution < -0.4 is 4.90 Å². The minimum absolute atomic E-state index is 0.0657. The Hall–Kier alpha value is -1.29. The molecule has 0 radical (unpaired) electrons. The lowest BCUT2D eigenvalue weighted by atomic mass is 9.78. The number of nitro benzene ring substituents is 1. The van der Waals surface area contributed by atoms with E-state index in [2.05, 4.69) is 4.90 Å². The number of fused-ring (bicyclic) bond motifs is 1. The molecule has 2 atom stereocenters. The summed E-state index contributed by atoms with van der Waals surface area (Å²) in [4.78, 5) is 12.8. The van der Waals surface area contributed by atoms with Gasteiger partial charge in [0.1, 0.15) is 0 Å². The number of anilines is 1. The molecule has 0 amide bonds. The van der Waals surface area contributed by atoms with Gasteiger partial charge >= 0.3 is 0 Å². The summed E-state index contributed by atoms with van der Waals surface area (Å²) in [6.45, 7) is 1.01. The maximum absolute atomic E-state index is 10.8. The Morgan fingerprint density at radius 1 is 1.20 bits per heavy atom. The first-order chi connectivity index (χ1) is 9.66. The standard InChI is InChI=1S/C15H19ClN2O2/c16-13-10-12(18(19)20)7-8-15(13)17-9-3-5-11-4-1-2-6-14(11)17/h7-8,10-11,14H,1-6,9H2. The van der Waals surface area contributed by atoms with Gasteiger partial charge in [0.15, 0.2) is 0 Å². The molecule has 4 nitrogen and oxygen atoms in total. The van der Waals surface area contributed by atoms with Crippen LogP contribution in [0.1, 0.15) is 38.5 Å². The number of piperidine rings is 1. The van der Waals surface area contributed by atoms with Gasteiger partial charge < -0.3 is 4.90 Å². The van der Waals surface area contributed by atoms with E-state index in [9.17, 15) is 10.1 Å². The molecule has 2 fully saturated rings. The van der Waals surface area contributed by atoms with Crippen LogP contribution in [0.5, 0.6) is 0 Å². The number of nitro groups is 1. The summed E-state index contributed by atoms with van der Waals surface area (Å²) in [5.41, 5.74) is 1.03. The third kappa shape index (κ3) is 2.49. The lowest BCUT2D eigenvalue weighted by Gasteiger charge is -2.45. The Balaban J connectivity index is 1.89. The first kappa shape index (κ1) is 13.7. The van der Waals surface area contributed by atoms with Crippen LogP contribution in [0.25, 0.3) is 0 Å². The van der Waals surface area contributed by atoms with Crippen molar-refractivity contribution in [2.75, 3.05) is 11.4 Å². The molecule has 3 rings (SSSR count). The second-order valence-corrected chi connectivity index (χ2v) is 6.25. The summed E-state index contributed by atoms with van der Waals surface area (Å²) >= 11 is 6.29. The second kappa shape index (κ2) is 5.60. The van der Waals surface area contributed by atoms with Gasteiger partial charge in [0, 0.05) is 24.7 Å². The van der Waals surface area contributed by atoms with Crippen LogP contribution in [-0.2, 0) is 0 Å². The highest BCUT2D eigenvalue weighted by Crippen LogP contribution is 2.40. The third-order valence-corrected chi connectivity index (χ3v) is 5.00. The van der Waals surface area contributed by atoms with Crippen LogP contribution in [0.4, 0.5) is 11.4 Å². The molecule has 0 spiro atoms. The van der Waals surface area contributed by atoms with Gasteiger partial charge in [-0.3, -0.25) is 10.1 Å². The van der Waals surface area contributed by atoms with E-state index in [1.165, 1.54) is 44.6 Å². The fraction of sp³-hybridized carbons (Fsp3) is 0.600. The third-order valence-electron chi connectivity index (χ3n) is 4.69. The van der Waals surface area contributed by atoms with E-state index in [0.29, 0.717) is 11.1 Å². The van der Waals surface area contributed by atoms with Gasteiger partial charge in [-0.25, -0.2) is 0 Å². The SMILES string of the molecule is O=[N+]([O-])c1ccc(N2CCCC3CCCCC32)c(Cl)c1. The number of hydrogen-bond acceptors (Lipinski definition) is 3. The Labute approximate surface area is 123 Å². The molecule has 1 heterocycles. The Morgan fingerprint density at radius 2 is 1.95 bits per heavy atom. The fourth-order valence-corrected chi connectivity index (χ4v) is 4.05. The van der Waals surface area contributed by atoms with Gasteiger partial charge in [-0.05, 0) is 37.7 Å². The van der Waals surface area contributed by atoms with Gasteiger partial charge in [0.2, 0.25) is 0 Å². The molecule has 1 aromatic rings. The zero-order valence-electron chi connectivity index (χ0n) is 11.4. The van der Waals surface area contributed by atoms with Gasteiger partial charge in [0.05, 0.1) is 15.6 Å². The van der Waals surface area contributed by atoms with Crippen LogP contribution in [0, 0.1) is 16.0 Å². The predicted molar refractivity (Wildman–Crippen MR) is 80.4 cm³/mol. The van der Waals surface area contributed by atoms with E-state index in [1.54, 1.807) is 6.07 Å². The normalized spacial score (nSPS) is 26.1. The van der Waals surface area contributed by atoms with Crippen LogP contribution in [0.2, 0.25) is 5.02 Å². The lowest BCUT2D eigenvalue weighted by Crippen LogP contribution is -2.47. The molecule has 0 bridgehead atoms. The Bertz CT molecular complexity index is 519. The van der Waals surface area contributed by atoms with Gasteiger partial charge in [-0.2, -0.15) is 0 Å². The van der Waals surface area contributed by atoms with E-state index in [4.69, 9.17) is 11.6 Å². The summed E-state index contributed by atoms with van der Waals surface area (Å²) in [7, 11) is 0. The van der Waals surface area contributed by atoms with Crippen LogP contribution >= 0.6 is 11.6 Å². The van der Waals surface area contributed by atoms with Gasteiger partial charge in [-0.15, -0.1) is 0 Å². The summed E-state index contributed by atoms with van der Waals surface area (Å²) in [5.74, 6) is 0.767. The van der Waals surface area contributed by atoms with Crippen LogP contribution in [-0.4, -0.2) is 17.5 Å². The fourth-order valence-electron chi connectivity index (χ4n) is 3.77. The topological polar surface area (TPSA) is 46.4 Å². The summed E-state index contributed by atoms with van der Waals surface area (Å²) in [6.07, 6.45) is 7.65. The average Bonchev–Trinajstić information content (AvgIpc) is 2.46. The first-order valence-corrected chi connectivity index (χ1v) is 7.75. The quantitative estimate of drug-likeness (QED) is 0.599. The lowest BCUT2D eigenvalue weighted by molar-refractivity contribution is -0.384. The van der Waals surface area contributed by atoms with E-state index in [0.717, 1.165) is 18.2 Å². The molecule has 1 aliphatic heterocycles. The molecular formula is C15H19ClN2O2. The van der Waals surface area contributed by atoms with Crippen molar-refractivity contribution in [3.63, 3.8) is 0 Å². The molecule has 1 saturated carbocycles. The number of hydrogen-bond donors (Lipinski definition) is 0.